The van der Waals surface area contributed by atoms with E-state index in [0.717, 1.165) is 6.42 Å². The number of aromatic amines is 1. The summed E-state index contributed by atoms with van der Waals surface area (Å²) in [7, 11) is 1.99. The molecule has 0 saturated carbocycles. The highest BCUT2D eigenvalue weighted by molar-refractivity contribution is 5.98. The first-order chi connectivity index (χ1) is 18.7. The lowest BCUT2D eigenvalue weighted by Crippen LogP contribution is -2.44. The largest absolute Gasteiger partial charge is 0.426 e. The standard InChI is InChI=1S/C28H36F4N4O4/c1-7-18-10-17(8-9-36(18)6)35-24-15(4)19(11-21(28(30,31)32)25(24)40-13-37)26(38)33-12-20-22(14(2)3)23(29)16(5)34-27(20)39/h11,13-14,17-18,35H,7-10,12H2,1-6H3,(H,33,38)(H,34,39). The van der Waals surface area contributed by atoms with Crippen molar-refractivity contribution in [3.63, 3.8) is 0 Å². The highest BCUT2D eigenvalue weighted by atomic mass is 19.4. The minimum absolute atomic E-state index is 0.0173. The molecule has 220 valence electrons. The van der Waals surface area contributed by atoms with Gasteiger partial charge in [0.15, 0.2) is 5.75 Å². The van der Waals surface area contributed by atoms with E-state index in [1.807, 2.05) is 14.0 Å². The summed E-state index contributed by atoms with van der Waals surface area (Å²) in [5.74, 6) is -2.60. The lowest BCUT2D eigenvalue weighted by Gasteiger charge is -2.38. The number of alkyl halides is 3. The molecule has 1 aliphatic rings. The van der Waals surface area contributed by atoms with Crippen LogP contribution < -0.4 is 20.9 Å². The summed E-state index contributed by atoms with van der Waals surface area (Å²) >= 11 is 0. The number of nitrogens with zero attached hydrogens (tertiary/aromatic N) is 1. The van der Waals surface area contributed by atoms with Gasteiger partial charge in [0.25, 0.3) is 17.9 Å². The zero-order valence-corrected chi connectivity index (χ0v) is 23.5. The van der Waals surface area contributed by atoms with Gasteiger partial charge >= 0.3 is 6.18 Å². The molecule has 2 unspecified atom stereocenters. The molecule has 8 nitrogen and oxygen atoms in total. The van der Waals surface area contributed by atoms with E-state index in [4.69, 9.17) is 4.74 Å². The average Bonchev–Trinajstić information content (AvgIpc) is 2.87. The van der Waals surface area contributed by atoms with Crippen molar-refractivity contribution >= 4 is 18.1 Å². The monoisotopic (exact) mass is 568 g/mol. The number of anilines is 1. The number of nitrogens with one attached hydrogen (secondary N) is 3. The van der Waals surface area contributed by atoms with E-state index in [0.29, 0.717) is 25.5 Å². The van der Waals surface area contributed by atoms with E-state index in [9.17, 15) is 31.9 Å². The molecule has 3 rings (SSSR count). The molecule has 0 bridgehead atoms. The van der Waals surface area contributed by atoms with Crippen molar-refractivity contribution in [1.29, 1.82) is 0 Å². The maximum Gasteiger partial charge on any atom is 0.420 e. The molecule has 0 spiro atoms. The number of ether oxygens (including phenoxy) is 1. The Morgan fingerprint density at radius 2 is 1.98 bits per heavy atom. The molecule has 40 heavy (non-hydrogen) atoms. The van der Waals surface area contributed by atoms with Gasteiger partial charge in [-0.05, 0) is 57.7 Å². The number of likely N-dealkylation sites (tertiary alicyclic amines) is 1. The van der Waals surface area contributed by atoms with Crippen molar-refractivity contribution in [1.82, 2.24) is 15.2 Å². The Bertz CT molecular complexity index is 1320. The molecule has 1 saturated heterocycles. The van der Waals surface area contributed by atoms with E-state index in [1.54, 1.807) is 13.8 Å². The van der Waals surface area contributed by atoms with Crippen molar-refractivity contribution < 1.29 is 31.9 Å². The van der Waals surface area contributed by atoms with Gasteiger partial charge in [-0.3, -0.25) is 14.4 Å². The number of carbonyl (C=O) groups is 2. The van der Waals surface area contributed by atoms with Crippen LogP contribution in [0, 0.1) is 19.7 Å². The van der Waals surface area contributed by atoms with Crippen molar-refractivity contribution in [2.45, 2.75) is 84.6 Å². The predicted octanol–water partition coefficient (Wildman–Crippen LogP) is 5.02. The molecule has 1 amide bonds. The third-order valence-corrected chi connectivity index (χ3v) is 7.55. The van der Waals surface area contributed by atoms with Crippen LogP contribution in [0.5, 0.6) is 5.75 Å². The number of benzene rings is 1. The van der Waals surface area contributed by atoms with Gasteiger partial charge in [0.05, 0.1) is 11.4 Å². The minimum Gasteiger partial charge on any atom is -0.426 e. The minimum atomic E-state index is -4.95. The summed E-state index contributed by atoms with van der Waals surface area (Å²) in [6, 6.07) is 0.608. The first-order valence-corrected chi connectivity index (χ1v) is 13.2. The van der Waals surface area contributed by atoms with E-state index in [-0.39, 0.29) is 58.1 Å². The first-order valence-electron chi connectivity index (χ1n) is 13.2. The van der Waals surface area contributed by atoms with Crippen molar-refractivity contribution in [2.75, 3.05) is 18.9 Å². The highest BCUT2D eigenvalue weighted by Crippen LogP contribution is 2.44. The number of aryl methyl sites for hydroxylation is 1. The van der Waals surface area contributed by atoms with Gasteiger partial charge in [0, 0.05) is 41.9 Å². The van der Waals surface area contributed by atoms with Crippen LogP contribution in [0.2, 0.25) is 0 Å². The Morgan fingerprint density at radius 3 is 2.55 bits per heavy atom. The first kappa shape index (κ1) is 31.1. The van der Waals surface area contributed by atoms with Gasteiger partial charge < -0.3 is 25.3 Å². The second-order valence-electron chi connectivity index (χ2n) is 10.5. The van der Waals surface area contributed by atoms with Crippen LogP contribution in [0.1, 0.15) is 84.3 Å². The number of H-pyrrole nitrogens is 1. The number of aromatic nitrogens is 1. The van der Waals surface area contributed by atoms with Crippen LogP contribution in [-0.2, 0) is 17.5 Å². The van der Waals surface area contributed by atoms with Gasteiger partial charge in [-0.25, -0.2) is 4.39 Å². The average molecular weight is 569 g/mol. The maximum atomic E-state index is 14.8. The lowest BCUT2D eigenvalue weighted by atomic mass is 9.94. The number of amides is 1. The van der Waals surface area contributed by atoms with Crippen LogP contribution in [0.15, 0.2) is 10.9 Å². The van der Waals surface area contributed by atoms with Crippen LogP contribution in [0.25, 0.3) is 0 Å². The topological polar surface area (TPSA) is 104 Å². The predicted molar refractivity (Wildman–Crippen MR) is 143 cm³/mol. The molecule has 0 aliphatic carbocycles. The van der Waals surface area contributed by atoms with Crippen molar-refractivity contribution in [3.8, 4) is 5.75 Å². The van der Waals surface area contributed by atoms with E-state index in [1.165, 1.54) is 13.8 Å². The van der Waals surface area contributed by atoms with Crippen LogP contribution in [-0.4, -0.2) is 47.9 Å². The van der Waals surface area contributed by atoms with E-state index < -0.39 is 41.3 Å². The third kappa shape index (κ3) is 6.48. The van der Waals surface area contributed by atoms with Gasteiger partial charge in [0.2, 0.25) is 0 Å². The summed E-state index contributed by atoms with van der Waals surface area (Å²) < 4.78 is 62.1. The van der Waals surface area contributed by atoms with Crippen LogP contribution in [0.4, 0.5) is 23.2 Å². The molecule has 12 heteroatoms. The quantitative estimate of drug-likeness (QED) is 0.290. The van der Waals surface area contributed by atoms with Gasteiger partial charge in [-0.15, -0.1) is 0 Å². The highest BCUT2D eigenvalue weighted by Gasteiger charge is 2.39. The molecular formula is C28H36F4N4O4. The number of hydrogen-bond donors (Lipinski definition) is 3. The summed E-state index contributed by atoms with van der Waals surface area (Å²) in [4.78, 5) is 41.7. The smallest absolute Gasteiger partial charge is 0.420 e. The molecule has 1 aromatic carbocycles. The molecule has 2 atom stereocenters. The molecule has 3 N–H and O–H groups in total. The number of rotatable bonds is 9. The Labute approximate surface area is 230 Å². The second-order valence-corrected chi connectivity index (χ2v) is 10.5. The Morgan fingerprint density at radius 1 is 1.30 bits per heavy atom. The van der Waals surface area contributed by atoms with Gasteiger partial charge in [0.1, 0.15) is 11.4 Å². The molecule has 1 fully saturated rings. The number of halogens is 4. The van der Waals surface area contributed by atoms with Gasteiger partial charge in [-0.1, -0.05) is 20.8 Å². The van der Waals surface area contributed by atoms with Gasteiger partial charge in [-0.2, -0.15) is 13.2 Å². The third-order valence-electron chi connectivity index (χ3n) is 7.55. The molecule has 2 heterocycles. The fraction of sp³-hybridized carbons (Fsp3) is 0.536. The Balaban J connectivity index is 2.05. The fourth-order valence-corrected chi connectivity index (χ4v) is 5.33. The SMILES string of the molecule is CCC1CC(Nc2c(C)c(C(=O)NCc3c(C(C)C)c(F)c(C)[nH]c3=O)cc(C(F)(F)F)c2OC=O)CCN1C. The molecular weight excluding hydrogens is 532 g/mol. The van der Waals surface area contributed by atoms with Crippen molar-refractivity contribution in [3.05, 3.63) is 55.7 Å². The molecule has 1 aromatic heterocycles. The van der Waals surface area contributed by atoms with Crippen LogP contribution >= 0.6 is 0 Å². The van der Waals surface area contributed by atoms with E-state index >= 15 is 0 Å². The number of pyridine rings is 1. The Kier molecular flexibility index (Phi) is 9.65. The van der Waals surface area contributed by atoms with Crippen LogP contribution in [0.3, 0.4) is 0 Å². The lowest BCUT2D eigenvalue weighted by molar-refractivity contribution is -0.139. The molecule has 2 aromatic rings. The summed E-state index contributed by atoms with van der Waals surface area (Å²) in [5, 5.41) is 5.60. The Hall–Kier alpha value is -3.41. The molecule has 1 aliphatic heterocycles. The summed E-state index contributed by atoms with van der Waals surface area (Å²) in [6.07, 6.45) is -2.83. The zero-order chi connectivity index (χ0) is 29.9. The number of piperidine rings is 1. The van der Waals surface area contributed by atoms with E-state index in [2.05, 4.69) is 20.5 Å². The summed E-state index contributed by atoms with van der Waals surface area (Å²) in [5.41, 5.74) is -2.00. The second kappa shape index (κ2) is 12.4. The normalized spacial score (nSPS) is 18.1. The summed E-state index contributed by atoms with van der Waals surface area (Å²) in [6.45, 7) is 8.52. The molecule has 0 radical (unpaired) electrons. The van der Waals surface area contributed by atoms with Crippen molar-refractivity contribution in [2.24, 2.45) is 0 Å². The maximum absolute atomic E-state index is 14.8. The fourth-order valence-electron chi connectivity index (χ4n) is 5.33. The zero-order valence-electron chi connectivity index (χ0n) is 23.5. The number of hydrogen-bond acceptors (Lipinski definition) is 6. The number of carbonyl (C=O) groups excluding carboxylic acids is 2.